The van der Waals surface area contributed by atoms with Gasteiger partial charge in [-0.25, -0.2) is 4.79 Å². The predicted octanol–water partition coefficient (Wildman–Crippen LogP) is 1.50. The van der Waals surface area contributed by atoms with Gasteiger partial charge in [0.2, 0.25) is 0 Å². The van der Waals surface area contributed by atoms with E-state index in [0.29, 0.717) is 0 Å². The van der Waals surface area contributed by atoms with Gasteiger partial charge in [-0.1, -0.05) is 12.1 Å². The molecule has 0 fully saturated rings. The lowest BCUT2D eigenvalue weighted by atomic mass is 10.2. The molecular formula is C11H16N2O2. The molecule has 3 N–H and O–H groups in total. The van der Waals surface area contributed by atoms with Crippen LogP contribution in [-0.4, -0.2) is 23.8 Å². The summed E-state index contributed by atoms with van der Waals surface area (Å²) in [6, 6.07) is 6.98. The van der Waals surface area contributed by atoms with E-state index in [2.05, 4.69) is 10.6 Å². The summed E-state index contributed by atoms with van der Waals surface area (Å²) >= 11 is 0. The fourth-order valence-corrected chi connectivity index (χ4v) is 1.16. The van der Waals surface area contributed by atoms with Crippen molar-refractivity contribution in [3.8, 4) is 0 Å². The number of hydrogen-bond acceptors (Lipinski definition) is 2. The number of aliphatic hydroxyl groups excluding tert-OH is 1. The van der Waals surface area contributed by atoms with Crippen molar-refractivity contribution in [3.05, 3.63) is 29.8 Å². The van der Waals surface area contributed by atoms with Gasteiger partial charge in [0, 0.05) is 5.69 Å². The molecule has 1 atom stereocenters. The van der Waals surface area contributed by atoms with E-state index >= 15 is 0 Å². The topological polar surface area (TPSA) is 61.4 Å². The molecule has 0 saturated heterocycles. The number of carbonyl (C=O) groups excluding carboxylic acids is 1. The van der Waals surface area contributed by atoms with Crippen molar-refractivity contribution in [2.75, 3.05) is 11.9 Å². The molecule has 4 heteroatoms. The first-order valence-corrected chi connectivity index (χ1v) is 4.87. The van der Waals surface area contributed by atoms with Crippen molar-refractivity contribution in [3.63, 3.8) is 0 Å². The number of aryl methyl sites for hydroxylation is 1. The number of urea groups is 1. The highest BCUT2D eigenvalue weighted by molar-refractivity contribution is 5.89. The molecular weight excluding hydrogens is 192 g/mol. The minimum Gasteiger partial charge on any atom is -0.394 e. The molecule has 0 aliphatic heterocycles. The van der Waals surface area contributed by atoms with Crippen molar-refractivity contribution < 1.29 is 9.90 Å². The lowest BCUT2D eigenvalue weighted by Crippen LogP contribution is -2.38. The van der Waals surface area contributed by atoms with Gasteiger partial charge in [-0.15, -0.1) is 0 Å². The molecule has 1 rings (SSSR count). The van der Waals surface area contributed by atoms with Crippen LogP contribution in [0.4, 0.5) is 10.5 Å². The smallest absolute Gasteiger partial charge is 0.319 e. The van der Waals surface area contributed by atoms with E-state index in [-0.39, 0.29) is 18.7 Å². The molecule has 2 amide bonds. The Morgan fingerprint density at radius 1 is 1.53 bits per heavy atom. The predicted molar refractivity (Wildman–Crippen MR) is 59.9 cm³/mol. The summed E-state index contributed by atoms with van der Waals surface area (Å²) in [6.07, 6.45) is 0. The molecule has 15 heavy (non-hydrogen) atoms. The molecule has 0 unspecified atom stereocenters. The van der Waals surface area contributed by atoms with E-state index in [0.717, 1.165) is 11.3 Å². The maximum absolute atomic E-state index is 11.4. The van der Waals surface area contributed by atoms with E-state index in [9.17, 15) is 4.79 Å². The van der Waals surface area contributed by atoms with E-state index in [1.807, 2.05) is 31.2 Å². The molecule has 1 aromatic carbocycles. The lowest BCUT2D eigenvalue weighted by Gasteiger charge is -2.12. The number of benzene rings is 1. The maximum Gasteiger partial charge on any atom is 0.319 e. The van der Waals surface area contributed by atoms with Crippen LogP contribution < -0.4 is 10.6 Å². The van der Waals surface area contributed by atoms with Gasteiger partial charge in [-0.2, -0.15) is 0 Å². The first-order valence-electron chi connectivity index (χ1n) is 4.87. The highest BCUT2D eigenvalue weighted by Gasteiger charge is 2.05. The van der Waals surface area contributed by atoms with Crippen LogP contribution in [0.3, 0.4) is 0 Å². The Hall–Kier alpha value is -1.55. The van der Waals surface area contributed by atoms with Crippen LogP contribution in [0.25, 0.3) is 0 Å². The van der Waals surface area contributed by atoms with Gasteiger partial charge in [-0.3, -0.25) is 0 Å². The summed E-state index contributed by atoms with van der Waals surface area (Å²) in [6.45, 7) is 3.62. The third-order valence-electron chi connectivity index (χ3n) is 1.93. The minimum atomic E-state index is -0.304. The van der Waals surface area contributed by atoms with Crippen LogP contribution in [-0.2, 0) is 0 Å². The monoisotopic (exact) mass is 208 g/mol. The Bertz CT molecular complexity index is 339. The number of amides is 2. The van der Waals surface area contributed by atoms with Gasteiger partial charge >= 0.3 is 6.03 Å². The quantitative estimate of drug-likeness (QED) is 0.705. The fraction of sp³-hybridized carbons (Fsp3) is 0.364. The van der Waals surface area contributed by atoms with E-state index in [1.165, 1.54) is 0 Å². The zero-order valence-corrected chi connectivity index (χ0v) is 8.95. The second-order valence-corrected chi connectivity index (χ2v) is 3.55. The van der Waals surface area contributed by atoms with Gasteiger partial charge in [0.15, 0.2) is 0 Å². The average Bonchev–Trinajstić information content (AvgIpc) is 2.17. The highest BCUT2D eigenvalue weighted by Crippen LogP contribution is 2.08. The molecule has 0 bridgehead atoms. The summed E-state index contributed by atoms with van der Waals surface area (Å²) in [4.78, 5) is 11.4. The molecule has 4 nitrogen and oxygen atoms in total. The van der Waals surface area contributed by atoms with E-state index in [4.69, 9.17) is 5.11 Å². The first kappa shape index (κ1) is 11.5. The Morgan fingerprint density at radius 3 is 2.87 bits per heavy atom. The van der Waals surface area contributed by atoms with Crippen molar-refractivity contribution in [2.24, 2.45) is 0 Å². The van der Waals surface area contributed by atoms with Crippen molar-refractivity contribution in [1.29, 1.82) is 0 Å². The number of hydrogen-bond donors (Lipinski definition) is 3. The van der Waals surface area contributed by atoms with Gasteiger partial charge in [0.05, 0.1) is 12.6 Å². The Balaban J connectivity index is 2.51. The van der Waals surface area contributed by atoms with E-state index in [1.54, 1.807) is 6.92 Å². The van der Waals surface area contributed by atoms with Crippen LogP contribution in [0.2, 0.25) is 0 Å². The lowest BCUT2D eigenvalue weighted by molar-refractivity contribution is 0.229. The van der Waals surface area contributed by atoms with Crippen molar-refractivity contribution >= 4 is 11.7 Å². The molecule has 0 aromatic heterocycles. The second kappa shape index (κ2) is 5.36. The zero-order chi connectivity index (χ0) is 11.3. The second-order valence-electron chi connectivity index (χ2n) is 3.55. The molecule has 0 aliphatic rings. The summed E-state index contributed by atoms with van der Waals surface area (Å²) in [5.41, 5.74) is 1.83. The minimum absolute atomic E-state index is 0.0682. The number of aliphatic hydroxyl groups is 1. The SMILES string of the molecule is Cc1cccc(NC(=O)N[C@H](C)CO)c1. The zero-order valence-electron chi connectivity index (χ0n) is 8.95. The normalized spacial score (nSPS) is 11.9. The van der Waals surface area contributed by atoms with Crippen LogP contribution in [0.5, 0.6) is 0 Å². The van der Waals surface area contributed by atoms with Crippen molar-refractivity contribution in [1.82, 2.24) is 5.32 Å². The van der Waals surface area contributed by atoms with Gasteiger partial charge in [0.25, 0.3) is 0 Å². The summed E-state index contributed by atoms with van der Waals surface area (Å²) < 4.78 is 0. The molecule has 0 radical (unpaired) electrons. The molecule has 0 saturated carbocycles. The van der Waals surface area contributed by atoms with Crippen LogP contribution in [0.1, 0.15) is 12.5 Å². The molecule has 0 spiro atoms. The van der Waals surface area contributed by atoms with E-state index < -0.39 is 0 Å². The molecule has 82 valence electrons. The third kappa shape index (κ3) is 3.99. The highest BCUT2D eigenvalue weighted by atomic mass is 16.3. The first-order chi connectivity index (χ1) is 7.11. The summed E-state index contributed by atoms with van der Waals surface area (Å²) in [5, 5.41) is 14.0. The van der Waals surface area contributed by atoms with Crippen LogP contribution in [0, 0.1) is 6.92 Å². The van der Waals surface area contributed by atoms with Crippen molar-refractivity contribution in [2.45, 2.75) is 19.9 Å². The largest absolute Gasteiger partial charge is 0.394 e. The third-order valence-corrected chi connectivity index (χ3v) is 1.93. The molecule has 0 heterocycles. The Morgan fingerprint density at radius 2 is 2.27 bits per heavy atom. The van der Waals surface area contributed by atoms with Gasteiger partial charge < -0.3 is 15.7 Å². The number of carbonyl (C=O) groups is 1. The van der Waals surface area contributed by atoms with Crippen LogP contribution >= 0.6 is 0 Å². The standard InChI is InChI=1S/C11H16N2O2/c1-8-4-3-5-10(6-8)13-11(15)12-9(2)7-14/h3-6,9,14H,7H2,1-2H3,(H2,12,13,15)/t9-/m1/s1. The number of anilines is 1. The summed E-state index contributed by atoms with van der Waals surface area (Å²) in [5.74, 6) is 0. The summed E-state index contributed by atoms with van der Waals surface area (Å²) in [7, 11) is 0. The fourth-order valence-electron chi connectivity index (χ4n) is 1.16. The van der Waals surface area contributed by atoms with Gasteiger partial charge in [-0.05, 0) is 31.5 Å². The number of nitrogens with one attached hydrogen (secondary N) is 2. The van der Waals surface area contributed by atoms with Crippen LogP contribution in [0.15, 0.2) is 24.3 Å². The molecule has 0 aliphatic carbocycles. The maximum atomic E-state index is 11.4. The Labute approximate surface area is 89.3 Å². The van der Waals surface area contributed by atoms with Gasteiger partial charge in [0.1, 0.15) is 0 Å². The average molecular weight is 208 g/mol. The molecule has 1 aromatic rings. The Kier molecular flexibility index (Phi) is 4.12. The number of rotatable bonds is 3.